The molecule has 0 saturated carbocycles. The first-order chi connectivity index (χ1) is 14.3. The number of thioether (sulfide) groups is 1. The number of amides is 2. The fraction of sp³-hybridized carbons (Fsp3) is 0.476. The standard InChI is InChI=1S/C21H26Cl2N2O4S/c1-3-4-15(21(28)29)24-20(27)14-9-11-25(12-10-14)17(26)8-6-13-5-7-16(30-2)19(23)18(13)22/h5-8,14-15H,3-4,9-12H2,1-2H3,(H,24,27)(H,28,29)/b8-6+/t15-/m0/s1. The molecule has 1 aromatic rings. The van der Waals surface area contributed by atoms with Crippen LogP contribution in [0.15, 0.2) is 23.1 Å². The van der Waals surface area contributed by atoms with Crippen molar-refractivity contribution in [3.63, 3.8) is 0 Å². The van der Waals surface area contributed by atoms with Crippen molar-refractivity contribution in [2.45, 2.75) is 43.5 Å². The number of likely N-dealkylation sites (tertiary alicyclic amines) is 1. The number of aliphatic carboxylic acids is 1. The highest BCUT2D eigenvalue weighted by Crippen LogP contribution is 2.35. The highest BCUT2D eigenvalue weighted by atomic mass is 35.5. The lowest BCUT2D eigenvalue weighted by Gasteiger charge is -2.31. The molecule has 0 spiro atoms. The van der Waals surface area contributed by atoms with Crippen LogP contribution in [0.2, 0.25) is 10.0 Å². The molecule has 0 aromatic heterocycles. The fourth-order valence-corrected chi connectivity index (χ4v) is 4.47. The topological polar surface area (TPSA) is 86.7 Å². The van der Waals surface area contributed by atoms with Gasteiger partial charge in [0.05, 0.1) is 10.0 Å². The first kappa shape index (κ1) is 24.6. The van der Waals surface area contributed by atoms with E-state index in [-0.39, 0.29) is 17.7 Å². The van der Waals surface area contributed by atoms with Gasteiger partial charge in [0.1, 0.15) is 6.04 Å². The maximum Gasteiger partial charge on any atom is 0.326 e. The van der Waals surface area contributed by atoms with Gasteiger partial charge < -0.3 is 15.3 Å². The Morgan fingerprint density at radius 1 is 1.27 bits per heavy atom. The number of carboxylic acid groups (broad SMARTS) is 1. The molecule has 6 nitrogen and oxygen atoms in total. The van der Waals surface area contributed by atoms with E-state index < -0.39 is 12.0 Å². The maximum atomic E-state index is 12.5. The van der Waals surface area contributed by atoms with Crippen LogP contribution in [-0.2, 0) is 14.4 Å². The number of hydrogen-bond acceptors (Lipinski definition) is 4. The Kier molecular flexibility index (Phi) is 9.52. The number of carboxylic acids is 1. The number of halogens is 2. The highest BCUT2D eigenvalue weighted by molar-refractivity contribution is 7.98. The van der Waals surface area contributed by atoms with Crippen LogP contribution in [0.3, 0.4) is 0 Å². The van der Waals surface area contributed by atoms with Crippen molar-refractivity contribution >= 4 is 58.8 Å². The molecule has 0 radical (unpaired) electrons. The summed E-state index contributed by atoms with van der Waals surface area (Å²) in [4.78, 5) is 38.6. The van der Waals surface area contributed by atoms with Crippen LogP contribution in [0.5, 0.6) is 0 Å². The van der Waals surface area contributed by atoms with Gasteiger partial charge in [-0.05, 0) is 43.2 Å². The van der Waals surface area contributed by atoms with Crippen molar-refractivity contribution in [3.05, 3.63) is 33.8 Å². The molecule has 0 bridgehead atoms. The van der Waals surface area contributed by atoms with E-state index in [0.29, 0.717) is 54.4 Å². The molecule has 0 unspecified atom stereocenters. The molecule has 1 fully saturated rings. The Morgan fingerprint density at radius 2 is 1.93 bits per heavy atom. The summed E-state index contributed by atoms with van der Waals surface area (Å²) in [5.74, 6) is -1.73. The summed E-state index contributed by atoms with van der Waals surface area (Å²) in [6, 6.07) is 2.81. The SMILES string of the molecule is CCC[C@H](NC(=O)C1CCN(C(=O)/C=C/c2ccc(SC)c(Cl)c2Cl)CC1)C(=O)O. The Bertz CT molecular complexity index is 823. The van der Waals surface area contributed by atoms with E-state index in [1.807, 2.05) is 25.3 Å². The van der Waals surface area contributed by atoms with E-state index in [9.17, 15) is 19.5 Å². The zero-order valence-electron chi connectivity index (χ0n) is 17.0. The van der Waals surface area contributed by atoms with Crippen LogP contribution < -0.4 is 5.32 Å². The fourth-order valence-electron chi connectivity index (χ4n) is 3.30. The Balaban J connectivity index is 1.91. The van der Waals surface area contributed by atoms with E-state index in [2.05, 4.69) is 5.32 Å². The highest BCUT2D eigenvalue weighted by Gasteiger charge is 2.29. The molecule has 2 N–H and O–H groups in total. The number of nitrogens with one attached hydrogen (secondary N) is 1. The molecule has 1 heterocycles. The summed E-state index contributed by atoms with van der Waals surface area (Å²) in [5.41, 5.74) is 0.665. The number of piperidine rings is 1. The second-order valence-electron chi connectivity index (χ2n) is 7.11. The van der Waals surface area contributed by atoms with Crippen molar-refractivity contribution < 1.29 is 19.5 Å². The molecule has 0 aliphatic carbocycles. The minimum Gasteiger partial charge on any atom is -0.480 e. The third-order valence-corrected chi connectivity index (χ3v) is 6.86. The van der Waals surface area contributed by atoms with Crippen molar-refractivity contribution in [1.82, 2.24) is 10.2 Å². The van der Waals surface area contributed by atoms with Crippen molar-refractivity contribution in [1.29, 1.82) is 0 Å². The smallest absolute Gasteiger partial charge is 0.326 e. The third kappa shape index (κ3) is 6.40. The van der Waals surface area contributed by atoms with Gasteiger partial charge in [-0.15, -0.1) is 11.8 Å². The van der Waals surface area contributed by atoms with E-state index in [4.69, 9.17) is 23.2 Å². The van der Waals surface area contributed by atoms with Gasteiger partial charge in [0.15, 0.2) is 0 Å². The minimum atomic E-state index is -1.02. The summed E-state index contributed by atoms with van der Waals surface area (Å²) in [7, 11) is 0. The molecule has 1 aliphatic rings. The van der Waals surface area contributed by atoms with Crippen LogP contribution in [-0.4, -0.2) is 53.2 Å². The number of carbonyl (C=O) groups is 3. The molecular weight excluding hydrogens is 447 g/mol. The van der Waals surface area contributed by atoms with Gasteiger partial charge in [0.25, 0.3) is 0 Å². The van der Waals surface area contributed by atoms with E-state index in [1.165, 1.54) is 17.8 Å². The van der Waals surface area contributed by atoms with E-state index >= 15 is 0 Å². The largest absolute Gasteiger partial charge is 0.480 e. The van der Waals surface area contributed by atoms with Gasteiger partial charge in [0, 0.05) is 30.0 Å². The molecule has 1 aromatic carbocycles. The first-order valence-corrected chi connectivity index (χ1v) is 11.8. The number of nitrogens with zero attached hydrogens (tertiary/aromatic N) is 1. The predicted octanol–water partition coefficient (Wildman–Crippen LogP) is 4.34. The average Bonchev–Trinajstić information content (AvgIpc) is 2.74. The molecule has 1 aliphatic heterocycles. The van der Waals surface area contributed by atoms with Gasteiger partial charge in [0.2, 0.25) is 11.8 Å². The van der Waals surface area contributed by atoms with Crippen LogP contribution in [0.4, 0.5) is 0 Å². The second kappa shape index (κ2) is 11.6. The van der Waals surface area contributed by atoms with Gasteiger partial charge in [-0.3, -0.25) is 9.59 Å². The minimum absolute atomic E-state index is 0.163. The summed E-state index contributed by atoms with van der Waals surface area (Å²) in [6.07, 6.45) is 7.07. The molecule has 2 rings (SSSR count). The zero-order valence-corrected chi connectivity index (χ0v) is 19.3. The summed E-state index contributed by atoms with van der Waals surface area (Å²) >= 11 is 14.0. The lowest BCUT2D eigenvalue weighted by atomic mass is 9.95. The number of hydrogen-bond donors (Lipinski definition) is 2. The Morgan fingerprint density at radius 3 is 2.50 bits per heavy atom. The quantitative estimate of drug-likeness (QED) is 0.434. The molecule has 2 amide bonds. The molecule has 30 heavy (non-hydrogen) atoms. The maximum absolute atomic E-state index is 12.5. The van der Waals surface area contributed by atoms with Gasteiger partial charge in [-0.2, -0.15) is 0 Å². The number of rotatable bonds is 8. The predicted molar refractivity (Wildman–Crippen MR) is 121 cm³/mol. The van der Waals surface area contributed by atoms with Crippen molar-refractivity contribution in [2.24, 2.45) is 5.92 Å². The molecule has 1 atom stereocenters. The van der Waals surface area contributed by atoms with Crippen molar-refractivity contribution in [3.8, 4) is 0 Å². The monoisotopic (exact) mass is 472 g/mol. The number of benzene rings is 1. The van der Waals surface area contributed by atoms with Gasteiger partial charge in [-0.25, -0.2) is 4.79 Å². The summed E-state index contributed by atoms with van der Waals surface area (Å²) in [6.45, 7) is 2.75. The summed E-state index contributed by atoms with van der Waals surface area (Å²) in [5, 5.41) is 12.7. The van der Waals surface area contributed by atoms with E-state index in [1.54, 1.807) is 11.0 Å². The molecule has 1 saturated heterocycles. The van der Waals surface area contributed by atoms with Crippen molar-refractivity contribution in [2.75, 3.05) is 19.3 Å². The van der Waals surface area contributed by atoms with E-state index in [0.717, 1.165) is 4.90 Å². The summed E-state index contributed by atoms with van der Waals surface area (Å²) < 4.78 is 0. The Hall–Kier alpha value is -1.70. The van der Waals surface area contributed by atoms with Crippen LogP contribution in [0, 0.1) is 5.92 Å². The van der Waals surface area contributed by atoms with Gasteiger partial charge in [-0.1, -0.05) is 42.6 Å². The van der Waals surface area contributed by atoms with Gasteiger partial charge >= 0.3 is 5.97 Å². The lowest BCUT2D eigenvalue weighted by molar-refractivity contribution is -0.143. The van der Waals surface area contributed by atoms with Crippen LogP contribution >= 0.6 is 35.0 Å². The molecule has 164 valence electrons. The Labute approximate surface area is 191 Å². The number of carbonyl (C=O) groups excluding carboxylic acids is 2. The zero-order chi connectivity index (χ0) is 22.3. The molecular formula is C21H26Cl2N2O4S. The van der Waals surface area contributed by atoms with Crippen LogP contribution in [0.1, 0.15) is 38.2 Å². The average molecular weight is 473 g/mol. The first-order valence-electron chi connectivity index (χ1n) is 9.80. The normalized spacial score (nSPS) is 15.9. The third-order valence-electron chi connectivity index (χ3n) is 5.07. The lowest BCUT2D eigenvalue weighted by Crippen LogP contribution is -2.47. The van der Waals surface area contributed by atoms with Crippen LogP contribution in [0.25, 0.3) is 6.08 Å². The molecule has 9 heteroatoms. The second-order valence-corrected chi connectivity index (χ2v) is 8.71.